The monoisotopic (exact) mass is 234 g/mol. The van der Waals surface area contributed by atoms with Crippen LogP contribution in [0.3, 0.4) is 0 Å². The fraction of sp³-hybridized carbons (Fsp3) is 0.571. The maximum absolute atomic E-state index is 5.86. The van der Waals surface area contributed by atoms with E-state index in [1.807, 2.05) is 7.05 Å². The lowest BCUT2D eigenvalue weighted by atomic mass is 10.1. The highest BCUT2D eigenvalue weighted by molar-refractivity contribution is 5.20. The Labute approximate surface area is 103 Å². The molecule has 0 spiro atoms. The number of hydrogen-bond acceptors (Lipinski definition) is 3. The van der Waals surface area contributed by atoms with Gasteiger partial charge in [-0.05, 0) is 38.9 Å². The molecule has 1 aromatic heterocycles. The van der Waals surface area contributed by atoms with Gasteiger partial charge in [0.2, 0.25) is 0 Å². The molecule has 2 heterocycles. The first-order chi connectivity index (χ1) is 8.19. The van der Waals surface area contributed by atoms with Crippen LogP contribution in [0.15, 0.2) is 22.1 Å². The second kappa shape index (κ2) is 5.52. The Morgan fingerprint density at radius 1 is 1.41 bits per heavy atom. The Balaban J connectivity index is 1.97. The van der Waals surface area contributed by atoms with Gasteiger partial charge in [-0.3, -0.25) is 4.90 Å². The summed E-state index contributed by atoms with van der Waals surface area (Å²) in [6.45, 7) is 8.24. The summed E-state index contributed by atoms with van der Waals surface area (Å²) < 4.78 is 5.86. The molecule has 1 N–H and O–H groups in total. The van der Waals surface area contributed by atoms with Gasteiger partial charge < -0.3 is 9.73 Å². The smallest absolute Gasteiger partial charge is 0.120 e. The molecular formula is C14H22N2O. The van der Waals surface area contributed by atoms with Gasteiger partial charge in [-0.25, -0.2) is 0 Å². The van der Waals surface area contributed by atoms with Crippen LogP contribution in [0.1, 0.15) is 30.4 Å². The molecule has 17 heavy (non-hydrogen) atoms. The van der Waals surface area contributed by atoms with E-state index in [0.29, 0.717) is 0 Å². The third-order valence-corrected chi connectivity index (χ3v) is 3.31. The molecular weight excluding hydrogens is 212 g/mol. The van der Waals surface area contributed by atoms with E-state index < -0.39 is 0 Å². The van der Waals surface area contributed by atoms with E-state index in [9.17, 15) is 0 Å². The lowest BCUT2D eigenvalue weighted by molar-refractivity contribution is 0.257. The fourth-order valence-electron chi connectivity index (χ4n) is 2.18. The Hall–Kier alpha value is -1.06. The zero-order valence-corrected chi connectivity index (χ0v) is 11.0. The van der Waals surface area contributed by atoms with E-state index >= 15 is 0 Å². The van der Waals surface area contributed by atoms with E-state index in [0.717, 1.165) is 37.7 Å². The highest BCUT2D eigenvalue weighted by Crippen LogP contribution is 2.18. The fourth-order valence-corrected chi connectivity index (χ4v) is 2.18. The van der Waals surface area contributed by atoms with Gasteiger partial charge in [0.25, 0.3) is 0 Å². The average molecular weight is 234 g/mol. The van der Waals surface area contributed by atoms with Gasteiger partial charge >= 0.3 is 0 Å². The van der Waals surface area contributed by atoms with Crippen LogP contribution in [0, 0.1) is 6.92 Å². The van der Waals surface area contributed by atoms with Gasteiger partial charge in [0, 0.05) is 13.1 Å². The summed E-state index contributed by atoms with van der Waals surface area (Å²) in [4.78, 5) is 2.43. The van der Waals surface area contributed by atoms with E-state index in [-0.39, 0.29) is 0 Å². The molecule has 0 bridgehead atoms. The summed E-state index contributed by atoms with van der Waals surface area (Å²) in [5.74, 6) is 2.15. The largest absolute Gasteiger partial charge is 0.463 e. The molecule has 1 aromatic rings. The molecule has 0 unspecified atom stereocenters. The first-order valence-electron chi connectivity index (χ1n) is 6.30. The Morgan fingerprint density at radius 2 is 2.24 bits per heavy atom. The zero-order valence-electron chi connectivity index (χ0n) is 11.0. The lowest BCUT2D eigenvalue weighted by Crippen LogP contribution is -2.27. The molecule has 3 heteroatoms. The predicted molar refractivity (Wildman–Crippen MR) is 69.9 cm³/mol. The van der Waals surface area contributed by atoms with Crippen LogP contribution >= 0.6 is 0 Å². The van der Waals surface area contributed by atoms with Crippen molar-refractivity contribution in [2.24, 2.45) is 0 Å². The number of rotatable bonds is 4. The molecule has 0 amide bonds. The Morgan fingerprint density at radius 3 is 2.88 bits per heavy atom. The van der Waals surface area contributed by atoms with Crippen LogP contribution in [0.4, 0.5) is 0 Å². The van der Waals surface area contributed by atoms with Crippen molar-refractivity contribution in [2.75, 3.05) is 20.1 Å². The normalized spacial score (nSPS) is 17.2. The molecule has 94 valence electrons. The second-order valence-corrected chi connectivity index (χ2v) is 4.88. The quantitative estimate of drug-likeness (QED) is 0.811. The second-order valence-electron chi connectivity index (χ2n) is 4.88. The van der Waals surface area contributed by atoms with Crippen molar-refractivity contribution in [1.29, 1.82) is 0 Å². The van der Waals surface area contributed by atoms with Crippen molar-refractivity contribution in [3.8, 4) is 0 Å². The van der Waals surface area contributed by atoms with E-state index in [2.05, 4.69) is 36.2 Å². The van der Waals surface area contributed by atoms with E-state index in [1.54, 1.807) is 0 Å². The van der Waals surface area contributed by atoms with Crippen LogP contribution in [0.2, 0.25) is 0 Å². The summed E-state index contributed by atoms with van der Waals surface area (Å²) in [5, 5.41) is 3.13. The van der Waals surface area contributed by atoms with Crippen LogP contribution < -0.4 is 5.32 Å². The summed E-state index contributed by atoms with van der Waals surface area (Å²) in [7, 11) is 1.94. The van der Waals surface area contributed by atoms with Gasteiger partial charge in [0.15, 0.2) is 0 Å². The minimum Gasteiger partial charge on any atom is -0.463 e. The van der Waals surface area contributed by atoms with Gasteiger partial charge in [-0.1, -0.05) is 11.6 Å². The molecule has 0 fully saturated rings. The molecule has 0 saturated heterocycles. The van der Waals surface area contributed by atoms with Crippen molar-refractivity contribution < 1.29 is 4.42 Å². The number of aryl methyl sites for hydroxylation is 1. The van der Waals surface area contributed by atoms with Crippen LogP contribution in [0.25, 0.3) is 0 Å². The first kappa shape index (κ1) is 12.4. The van der Waals surface area contributed by atoms with Crippen molar-refractivity contribution in [2.45, 2.75) is 33.4 Å². The number of nitrogens with one attached hydrogen (secondary N) is 1. The zero-order chi connectivity index (χ0) is 12.3. The minimum atomic E-state index is 0.810. The minimum absolute atomic E-state index is 0.810. The number of furan rings is 1. The maximum atomic E-state index is 5.86. The average Bonchev–Trinajstić information content (AvgIpc) is 2.63. The summed E-state index contributed by atoms with van der Waals surface area (Å²) in [6.07, 6.45) is 3.50. The molecule has 0 saturated carbocycles. The topological polar surface area (TPSA) is 28.4 Å². The van der Waals surface area contributed by atoms with E-state index in [1.165, 1.54) is 17.6 Å². The molecule has 1 aliphatic heterocycles. The molecule has 0 aromatic carbocycles. The summed E-state index contributed by atoms with van der Waals surface area (Å²) >= 11 is 0. The molecule has 0 aliphatic carbocycles. The van der Waals surface area contributed by atoms with Gasteiger partial charge in [0.05, 0.1) is 13.1 Å². The van der Waals surface area contributed by atoms with Crippen LogP contribution in [-0.2, 0) is 13.1 Å². The van der Waals surface area contributed by atoms with Gasteiger partial charge in [-0.2, -0.15) is 0 Å². The Bertz CT molecular complexity index is 406. The summed E-state index contributed by atoms with van der Waals surface area (Å²) in [6, 6.07) is 2.16. The first-order valence-corrected chi connectivity index (χ1v) is 6.30. The third-order valence-electron chi connectivity index (χ3n) is 3.31. The third kappa shape index (κ3) is 3.20. The molecule has 2 rings (SSSR count). The predicted octanol–water partition coefficient (Wildman–Crippen LogP) is 2.46. The van der Waals surface area contributed by atoms with Crippen molar-refractivity contribution in [3.63, 3.8) is 0 Å². The summed E-state index contributed by atoms with van der Waals surface area (Å²) in [5.41, 5.74) is 2.76. The SMILES string of the molecule is CNCc1oc(CN2CC=C(C)CC2)cc1C. The van der Waals surface area contributed by atoms with Crippen molar-refractivity contribution in [3.05, 3.63) is 34.8 Å². The number of nitrogens with zero attached hydrogens (tertiary/aromatic N) is 1. The van der Waals surface area contributed by atoms with Crippen LogP contribution in [-0.4, -0.2) is 25.0 Å². The van der Waals surface area contributed by atoms with Gasteiger partial charge in [-0.15, -0.1) is 0 Å². The van der Waals surface area contributed by atoms with Gasteiger partial charge in [0.1, 0.15) is 11.5 Å². The Kier molecular flexibility index (Phi) is 4.02. The van der Waals surface area contributed by atoms with Crippen molar-refractivity contribution >= 4 is 0 Å². The van der Waals surface area contributed by atoms with E-state index in [4.69, 9.17) is 4.42 Å². The molecule has 1 aliphatic rings. The molecule has 3 nitrogen and oxygen atoms in total. The highest BCUT2D eigenvalue weighted by Gasteiger charge is 2.13. The standard InChI is InChI=1S/C14H22N2O/c1-11-4-6-16(7-5-11)10-13-8-12(2)14(17-13)9-15-3/h4,8,15H,5-7,9-10H2,1-3H3. The lowest BCUT2D eigenvalue weighted by Gasteiger charge is -2.23. The maximum Gasteiger partial charge on any atom is 0.120 e. The van der Waals surface area contributed by atoms with Crippen LogP contribution in [0.5, 0.6) is 0 Å². The number of hydrogen-bond donors (Lipinski definition) is 1. The molecule has 0 atom stereocenters. The van der Waals surface area contributed by atoms with Crippen molar-refractivity contribution in [1.82, 2.24) is 10.2 Å². The molecule has 0 radical (unpaired) electrons. The highest BCUT2D eigenvalue weighted by atomic mass is 16.3.